The van der Waals surface area contributed by atoms with Crippen molar-refractivity contribution < 1.29 is 22.3 Å². The highest BCUT2D eigenvalue weighted by atomic mass is 35.5. The van der Waals surface area contributed by atoms with Crippen LogP contribution in [0.1, 0.15) is 34.5 Å². The minimum atomic E-state index is -3.90. The molecule has 1 atom stereocenters. The Morgan fingerprint density at radius 1 is 1.24 bits per heavy atom. The molecular weight excluding hydrogens is 540 g/mol. The molecule has 196 valence electrons. The molecule has 1 fully saturated rings. The molecule has 0 bridgehead atoms. The number of benzene rings is 2. The average Bonchev–Trinajstić information content (AvgIpc) is 3.51. The van der Waals surface area contributed by atoms with Crippen molar-refractivity contribution in [2.45, 2.75) is 42.9 Å². The van der Waals surface area contributed by atoms with E-state index >= 15 is 0 Å². The molecule has 1 aromatic heterocycles. The number of hydrogen-bond donors (Lipinski definition) is 0. The Kier molecular flexibility index (Phi) is 8.69. The van der Waals surface area contributed by atoms with E-state index in [2.05, 4.69) is 11.6 Å². The van der Waals surface area contributed by atoms with Crippen LogP contribution in [0.5, 0.6) is 0 Å². The average molecular weight is 566 g/mol. The second-order valence-corrected chi connectivity index (χ2v) is 11.5. The summed E-state index contributed by atoms with van der Waals surface area (Å²) >= 11 is 12.3. The molecule has 0 radical (unpaired) electrons. The number of imidazole rings is 1. The third-order valence-corrected chi connectivity index (χ3v) is 8.15. The van der Waals surface area contributed by atoms with Gasteiger partial charge in [-0.25, -0.2) is 17.8 Å². The van der Waals surface area contributed by atoms with Crippen molar-refractivity contribution in [1.29, 1.82) is 0 Å². The SMILES string of the molecule is C=CCN(Cc1cnc(S(=O)(=O)Cc2ccc(F)cc2)n1C[C@@H]1CCCO1)C(=O)c1ccc(Cl)cc1Cl. The number of hydrogen-bond acceptors (Lipinski definition) is 5. The van der Waals surface area contributed by atoms with Gasteiger partial charge in [-0.1, -0.05) is 41.4 Å². The van der Waals surface area contributed by atoms with Gasteiger partial charge >= 0.3 is 0 Å². The van der Waals surface area contributed by atoms with E-state index in [1.807, 2.05) is 0 Å². The molecule has 37 heavy (non-hydrogen) atoms. The molecule has 1 aliphatic heterocycles. The van der Waals surface area contributed by atoms with E-state index in [4.69, 9.17) is 27.9 Å². The number of nitrogens with zero attached hydrogens (tertiary/aromatic N) is 3. The molecular formula is C26H26Cl2FN3O4S. The van der Waals surface area contributed by atoms with Gasteiger partial charge in [0, 0.05) is 18.2 Å². The molecule has 11 heteroatoms. The van der Waals surface area contributed by atoms with Crippen molar-refractivity contribution in [2.75, 3.05) is 13.2 Å². The summed E-state index contributed by atoms with van der Waals surface area (Å²) in [5.41, 5.74) is 1.23. The Bertz CT molecular complexity index is 1390. The summed E-state index contributed by atoms with van der Waals surface area (Å²) in [6.07, 6.45) is 4.52. The Labute approximate surface area is 225 Å². The molecule has 4 rings (SSSR count). The van der Waals surface area contributed by atoms with Gasteiger partial charge in [0.05, 0.1) is 47.4 Å². The first-order valence-corrected chi connectivity index (χ1v) is 14.1. The van der Waals surface area contributed by atoms with E-state index in [-0.39, 0.29) is 53.1 Å². The van der Waals surface area contributed by atoms with Crippen LogP contribution in [0.4, 0.5) is 4.39 Å². The number of aromatic nitrogens is 2. The van der Waals surface area contributed by atoms with E-state index in [1.54, 1.807) is 22.8 Å². The molecule has 0 N–H and O–H groups in total. The zero-order valence-electron chi connectivity index (χ0n) is 19.9. The van der Waals surface area contributed by atoms with Gasteiger partial charge in [-0.3, -0.25) is 4.79 Å². The molecule has 0 spiro atoms. The fourth-order valence-electron chi connectivity index (χ4n) is 4.22. The second kappa shape index (κ2) is 11.8. The van der Waals surface area contributed by atoms with Gasteiger partial charge in [-0.05, 0) is 48.7 Å². The van der Waals surface area contributed by atoms with Crippen LogP contribution in [0.15, 0.2) is 66.5 Å². The lowest BCUT2D eigenvalue weighted by atomic mass is 10.2. The molecule has 1 aliphatic rings. The van der Waals surface area contributed by atoms with Crippen LogP contribution in [0.3, 0.4) is 0 Å². The first-order chi connectivity index (χ1) is 17.7. The van der Waals surface area contributed by atoms with Gasteiger partial charge in [-0.2, -0.15) is 0 Å². The maximum Gasteiger partial charge on any atom is 0.256 e. The molecule has 0 unspecified atom stereocenters. The lowest BCUT2D eigenvalue weighted by molar-refractivity contribution is 0.0751. The minimum Gasteiger partial charge on any atom is -0.376 e. The Morgan fingerprint density at radius 3 is 2.65 bits per heavy atom. The Morgan fingerprint density at radius 2 is 2.00 bits per heavy atom. The van der Waals surface area contributed by atoms with Crippen LogP contribution < -0.4 is 0 Å². The number of ether oxygens (including phenoxy) is 1. The summed E-state index contributed by atoms with van der Waals surface area (Å²) in [6.45, 7) is 4.87. The molecule has 2 heterocycles. The summed E-state index contributed by atoms with van der Waals surface area (Å²) in [7, 11) is -3.90. The first kappa shape index (κ1) is 27.3. The number of carbonyl (C=O) groups excluding carboxylic acids is 1. The fourth-order valence-corrected chi connectivity index (χ4v) is 6.21. The van der Waals surface area contributed by atoms with Crippen molar-refractivity contribution in [1.82, 2.24) is 14.5 Å². The summed E-state index contributed by atoms with van der Waals surface area (Å²) in [6, 6.07) is 9.92. The smallest absolute Gasteiger partial charge is 0.256 e. The van der Waals surface area contributed by atoms with Gasteiger partial charge in [0.1, 0.15) is 5.82 Å². The Balaban J connectivity index is 1.67. The number of rotatable bonds is 10. The van der Waals surface area contributed by atoms with E-state index < -0.39 is 15.7 Å². The van der Waals surface area contributed by atoms with Crippen LogP contribution >= 0.6 is 23.2 Å². The predicted octanol–water partition coefficient (Wildman–Crippen LogP) is 5.31. The number of carbonyl (C=O) groups is 1. The monoisotopic (exact) mass is 565 g/mol. The van der Waals surface area contributed by atoms with Gasteiger partial charge < -0.3 is 14.2 Å². The quantitative estimate of drug-likeness (QED) is 0.311. The molecule has 1 saturated heterocycles. The maximum atomic E-state index is 13.4. The Hall–Kier alpha value is -2.72. The van der Waals surface area contributed by atoms with Crippen molar-refractivity contribution in [3.63, 3.8) is 0 Å². The van der Waals surface area contributed by atoms with Crippen molar-refractivity contribution in [3.05, 3.63) is 94.0 Å². The van der Waals surface area contributed by atoms with Crippen molar-refractivity contribution >= 4 is 38.9 Å². The van der Waals surface area contributed by atoms with E-state index in [1.165, 1.54) is 41.4 Å². The number of sulfone groups is 1. The highest BCUT2D eigenvalue weighted by molar-refractivity contribution is 7.90. The van der Waals surface area contributed by atoms with Crippen LogP contribution in [0, 0.1) is 5.82 Å². The zero-order valence-corrected chi connectivity index (χ0v) is 22.3. The van der Waals surface area contributed by atoms with E-state index in [0.717, 1.165) is 12.8 Å². The first-order valence-electron chi connectivity index (χ1n) is 11.7. The van der Waals surface area contributed by atoms with Crippen LogP contribution in [0.25, 0.3) is 0 Å². The fraction of sp³-hybridized carbons (Fsp3) is 0.308. The van der Waals surface area contributed by atoms with Crippen LogP contribution in [-0.4, -0.2) is 48.0 Å². The molecule has 3 aromatic rings. The largest absolute Gasteiger partial charge is 0.376 e. The lowest BCUT2D eigenvalue weighted by Crippen LogP contribution is -2.32. The molecule has 1 amide bonds. The molecule has 0 saturated carbocycles. The standard InChI is InChI=1S/C26H26Cl2FN3O4S/c1-2-11-31(25(33)23-10-7-19(27)13-24(23)28)15-21-14-30-26(32(21)16-22-4-3-12-36-22)37(34,35)17-18-5-8-20(29)9-6-18/h2,5-10,13-14,22H,1,3-4,11-12,15-17H2/t22-/m0/s1. The highest BCUT2D eigenvalue weighted by Gasteiger charge is 2.28. The molecule has 0 aliphatic carbocycles. The van der Waals surface area contributed by atoms with E-state index in [9.17, 15) is 17.6 Å². The topological polar surface area (TPSA) is 81.5 Å². The highest BCUT2D eigenvalue weighted by Crippen LogP contribution is 2.25. The normalized spacial score (nSPS) is 15.6. The summed E-state index contributed by atoms with van der Waals surface area (Å²) in [4.78, 5) is 19.1. The van der Waals surface area contributed by atoms with Gasteiger partial charge in [0.25, 0.3) is 5.91 Å². The van der Waals surface area contributed by atoms with Gasteiger partial charge in [0.2, 0.25) is 15.0 Å². The van der Waals surface area contributed by atoms with Crippen LogP contribution in [0.2, 0.25) is 10.0 Å². The molecule has 2 aromatic carbocycles. The summed E-state index contributed by atoms with van der Waals surface area (Å²) in [5.74, 6) is -1.15. The zero-order chi connectivity index (χ0) is 26.6. The predicted molar refractivity (Wildman–Crippen MR) is 140 cm³/mol. The second-order valence-electron chi connectivity index (χ2n) is 8.76. The maximum absolute atomic E-state index is 13.4. The summed E-state index contributed by atoms with van der Waals surface area (Å²) < 4.78 is 47.5. The summed E-state index contributed by atoms with van der Waals surface area (Å²) in [5, 5.41) is 0.488. The third kappa shape index (κ3) is 6.59. The minimum absolute atomic E-state index is 0.0651. The van der Waals surface area contributed by atoms with Crippen molar-refractivity contribution in [3.8, 4) is 0 Å². The number of halogens is 3. The van der Waals surface area contributed by atoms with Crippen molar-refractivity contribution in [2.24, 2.45) is 0 Å². The third-order valence-electron chi connectivity index (χ3n) is 6.01. The molecule has 7 nitrogen and oxygen atoms in total. The van der Waals surface area contributed by atoms with Gasteiger partial charge in [-0.15, -0.1) is 6.58 Å². The van der Waals surface area contributed by atoms with E-state index in [0.29, 0.717) is 22.9 Å². The van der Waals surface area contributed by atoms with Gasteiger partial charge in [0.15, 0.2) is 0 Å². The number of amides is 1. The van der Waals surface area contributed by atoms with Crippen LogP contribution in [-0.2, 0) is 33.4 Å². The lowest BCUT2D eigenvalue weighted by Gasteiger charge is -2.23.